The summed E-state index contributed by atoms with van der Waals surface area (Å²) in [5.41, 5.74) is 2.39. The summed E-state index contributed by atoms with van der Waals surface area (Å²) in [6.45, 7) is 0.653. The third-order valence-electron chi connectivity index (χ3n) is 3.18. The Hall–Kier alpha value is -1.81. The lowest BCUT2D eigenvalue weighted by molar-refractivity contribution is 0.0986. The van der Waals surface area contributed by atoms with Gasteiger partial charge in [0.05, 0.1) is 6.61 Å². The normalized spacial score (nSPS) is 13.2. The highest BCUT2D eigenvalue weighted by atomic mass is 35.5. The van der Waals surface area contributed by atoms with Gasteiger partial charge >= 0.3 is 0 Å². The van der Waals surface area contributed by atoms with Crippen molar-refractivity contribution in [2.45, 2.75) is 12.8 Å². The van der Waals surface area contributed by atoms with Crippen molar-refractivity contribution >= 4 is 17.4 Å². The van der Waals surface area contributed by atoms with Gasteiger partial charge in [0.2, 0.25) is 0 Å². The first-order chi connectivity index (χ1) is 9.13. The van der Waals surface area contributed by atoms with Gasteiger partial charge in [-0.15, -0.1) is 0 Å². The largest absolute Gasteiger partial charge is 0.493 e. The van der Waals surface area contributed by atoms with E-state index >= 15 is 0 Å². The molecule has 0 unspecified atom stereocenters. The summed E-state index contributed by atoms with van der Waals surface area (Å²) >= 11 is 6.08. The van der Waals surface area contributed by atoms with Crippen LogP contribution in [0, 0.1) is 0 Å². The highest BCUT2D eigenvalue weighted by Crippen LogP contribution is 2.33. The number of ketones is 1. The molecule has 98 valence electrons. The Morgan fingerprint density at radius 2 is 2.37 bits per heavy atom. The van der Waals surface area contributed by atoms with Gasteiger partial charge in [0, 0.05) is 36.7 Å². The standard InChI is InChI=1S/C14H13ClN2O2/c1-17-4-2-12(16-17)13(18)8-10-7-11(15)6-9-3-5-19-14(9)10/h2,4,6-7H,3,5,8H2,1H3. The molecule has 0 radical (unpaired) electrons. The molecule has 0 saturated carbocycles. The van der Waals surface area contributed by atoms with Crippen molar-refractivity contribution in [3.05, 3.63) is 46.2 Å². The van der Waals surface area contributed by atoms with Crippen LogP contribution in [0.15, 0.2) is 24.4 Å². The quantitative estimate of drug-likeness (QED) is 0.809. The number of carbonyl (C=O) groups excluding carboxylic acids is 1. The molecule has 2 heterocycles. The van der Waals surface area contributed by atoms with Gasteiger partial charge in [-0.05, 0) is 23.8 Å². The summed E-state index contributed by atoms with van der Waals surface area (Å²) in [6.07, 6.45) is 2.87. The molecule has 0 aliphatic carbocycles. The predicted octanol–water partition coefficient (Wildman–Crippen LogP) is 2.43. The van der Waals surface area contributed by atoms with Gasteiger partial charge < -0.3 is 4.74 Å². The van der Waals surface area contributed by atoms with Gasteiger partial charge in [-0.3, -0.25) is 9.48 Å². The summed E-state index contributed by atoms with van der Waals surface area (Å²) in [5.74, 6) is 0.786. The van der Waals surface area contributed by atoms with Gasteiger partial charge in [0.15, 0.2) is 5.78 Å². The number of fused-ring (bicyclic) bond motifs is 1. The minimum absolute atomic E-state index is 0.0273. The number of rotatable bonds is 3. The van der Waals surface area contributed by atoms with E-state index in [-0.39, 0.29) is 12.2 Å². The Labute approximate surface area is 115 Å². The van der Waals surface area contributed by atoms with E-state index < -0.39 is 0 Å². The van der Waals surface area contributed by atoms with E-state index in [1.807, 2.05) is 6.07 Å². The van der Waals surface area contributed by atoms with Crippen molar-refractivity contribution in [3.63, 3.8) is 0 Å². The number of aryl methyl sites for hydroxylation is 1. The molecule has 19 heavy (non-hydrogen) atoms. The van der Waals surface area contributed by atoms with Gasteiger partial charge in [0.1, 0.15) is 11.4 Å². The van der Waals surface area contributed by atoms with Crippen molar-refractivity contribution in [2.75, 3.05) is 6.61 Å². The maximum absolute atomic E-state index is 12.2. The number of halogens is 1. The van der Waals surface area contributed by atoms with Crippen molar-refractivity contribution < 1.29 is 9.53 Å². The third-order valence-corrected chi connectivity index (χ3v) is 3.39. The fraction of sp³-hybridized carbons (Fsp3) is 0.286. The molecule has 3 rings (SSSR count). The van der Waals surface area contributed by atoms with Crippen LogP contribution in [0.5, 0.6) is 5.75 Å². The first-order valence-electron chi connectivity index (χ1n) is 6.10. The van der Waals surface area contributed by atoms with E-state index in [0.29, 0.717) is 17.3 Å². The minimum Gasteiger partial charge on any atom is -0.493 e. The Bertz CT molecular complexity index is 649. The lowest BCUT2D eigenvalue weighted by Gasteiger charge is -2.07. The fourth-order valence-electron chi connectivity index (χ4n) is 2.30. The second-order valence-corrected chi connectivity index (χ2v) is 5.06. The number of hydrogen-bond acceptors (Lipinski definition) is 3. The molecule has 0 saturated heterocycles. The van der Waals surface area contributed by atoms with Crippen LogP contribution in [0.2, 0.25) is 5.02 Å². The smallest absolute Gasteiger partial charge is 0.187 e. The molecule has 1 aliphatic heterocycles. The number of benzene rings is 1. The molecule has 1 aromatic heterocycles. The van der Waals surface area contributed by atoms with Crippen LogP contribution in [-0.2, 0) is 19.9 Å². The summed E-state index contributed by atoms with van der Waals surface area (Å²) in [5, 5.41) is 4.76. The van der Waals surface area contributed by atoms with E-state index in [4.69, 9.17) is 16.3 Å². The predicted molar refractivity (Wildman–Crippen MR) is 71.9 cm³/mol. The van der Waals surface area contributed by atoms with Gasteiger partial charge in [0.25, 0.3) is 0 Å². The third kappa shape index (κ3) is 2.36. The lowest BCUT2D eigenvalue weighted by Crippen LogP contribution is -2.06. The molecule has 1 aromatic carbocycles. The number of ether oxygens (including phenoxy) is 1. The number of Topliss-reactive ketones (excluding diaryl/α,β-unsaturated/α-hetero) is 1. The van der Waals surface area contributed by atoms with Crippen LogP contribution in [-0.4, -0.2) is 22.2 Å². The average Bonchev–Trinajstić information content (AvgIpc) is 2.97. The molecular formula is C14H13ClN2O2. The zero-order chi connectivity index (χ0) is 13.4. The molecule has 0 N–H and O–H groups in total. The van der Waals surface area contributed by atoms with Crippen LogP contribution < -0.4 is 4.74 Å². The SMILES string of the molecule is Cn1ccc(C(=O)Cc2cc(Cl)cc3c2OCC3)n1. The maximum Gasteiger partial charge on any atom is 0.187 e. The first kappa shape index (κ1) is 12.2. The van der Waals surface area contributed by atoms with Crippen LogP contribution in [0.3, 0.4) is 0 Å². The topological polar surface area (TPSA) is 44.1 Å². The molecule has 0 spiro atoms. The highest BCUT2D eigenvalue weighted by Gasteiger charge is 2.20. The summed E-state index contributed by atoms with van der Waals surface area (Å²) < 4.78 is 7.21. The Morgan fingerprint density at radius 3 is 3.11 bits per heavy atom. The van der Waals surface area contributed by atoms with E-state index in [1.165, 1.54) is 0 Å². The van der Waals surface area contributed by atoms with Gasteiger partial charge in [-0.1, -0.05) is 11.6 Å². The number of nitrogens with zero attached hydrogens (tertiary/aromatic N) is 2. The molecule has 0 bridgehead atoms. The van der Waals surface area contributed by atoms with Crippen LogP contribution in [0.1, 0.15) is 21.6 Å². The van der Waals surface area contributed by atoms with Crippen molar-refractivity contribution in [2.24, 2.45) is 7.05 Å². The van der Waals surface area contributed by atoms with Gasteiger partial charge in [-0.2, -0.15) is 5.10 Å². The number of carbonyl (C=O) groups is 1. The zero-order valence-corrected chi connectivity index (χ0v) is 11.3. The molecule has 2 aromatic rings. The van der Waals surface area contributed by atoms with Crippen molar-refractivity contribution in [3.8, 4) is 5.75 Å². The Balaban J connectivity index is 1.90. The second-order valence-electron chi connectivity index (χ2n) is 4.63. The van der Waals surface area contributed by atoms with Crippen molar-refractivity contribution in [1.82, 2.24) is 9.78 Å². The molecular weight excluding hydrogens is 264 g/mol. The summed E-state index contributed by atoms with van der Waals surface area (Å²) in [6, 6.07) is 5.42. The fourth-order valence-corrected chi connectivity index (χ4v) is 2.57. The van der Waals surface area contributed by atoms with E-state index in [9.17, 15) is 4.79 Å². The Kier molecular flexibility index (Phi) is 3.03. The molecule has 1 aliphatic rings. The van der Waals surface area contributed by atoms with Crippen LogP contribution in [0.25, 0.3) is 0 Å². The summed E-state index contributed by atoms with van der Waals surface area (Å²) in [4.78, 5) is 12.2. The molecule has 4 nitrogen and oxygen atoms in total. The Morgan fingerprint density at radius 1 is 1.53 bits per heavy atom. The van der Waals surface area contributed by atoms with Gasteiger partial charge in [-0.25, -0.2) is 0 Å². The molecule has 0 fully saturated rings. The van der Waals surface area contributed by atoms with Crippen molar-refractivity contribution in [1.29, 1.82) is 0 Å². The molecule has 0 amide bonds. The maximum atomic E-state index is 12.2. The summed E-state index contributed by atoms with van der Waals surface area (Å²) in [7, 11) is 1.79. The van der Waals surface area contributed by atoms with E-state index in [0.717, 1.165) is 23.3 Å². The second kappa shape index (κ2) is 4.70. The minimum atomic E-state index is -0.0273. The van der Waals surface area contributed by atoms with E-state index in [1.54, 1.807) is 30.1 Å². The highest BCUT2D eigenvalue weighted by molar-refractivity contribution is 6.30. The first-order valence-corrected chi connectivity index (χ1v) is 6.48. The monoisotopic (exact) mass is 276 g/mol. The lowest BCUT2D eigenvalue weighted by atomic mass is 10.0. The van der Waals surface area contributed by atoms with Crippen LogP contribution >= 0.6 is 11.6 Å². The molecule has 0 atom stereocenters. The number of aromatic nitrogens is 2. The molecule has 5 heteroatoms. The number of hydrogen-bond donors (Lipinski definition) is 0. The van der Waals surface area contributed by atoms with E-state index in [2.05, 4.69) is 5.10 Å². The average molecular weight is 277 g/mol. The zero-order valence-electron chi connectivity index (χ0n) is 10.5. The van der Waals surface area contributed by atoms with Crippen LogP contribution in [0.4, 0.5) is 0 Å².